The van der Waals surface area contributed by atoms with E-state index in [1.807, 2.05) is 12.1 Å². The van der Waals surface area contributed by atoms with Gasteiger partial charge in [0.15, 0.2) is 0 Å². The van der Waals surface area contributed by atoms with E-state index >= 15 is 0 Å². The second-order valence-corrected chi connectivity index (χ2v) is 7.80. The summed E-state index contributed by atoms with van der Waals surface area (Å²) in [4.78, 5) is 4.18. The highest BCUT2D eigenvalue weighted by Crippen LogP contribution is 2.43. The van der Waals surface area contributed by atoms with Gasteiger partial charge < -0.3 is 0 Å². The lowest BCUT2D eigenvalue weighted by Crippen LogP contribution is -2.11. The molecule has 0 saturated heterocycles. The summed E-state index contributed by atoms with van der Waals surface area (Å²) in [6.07, 6.45) is 7.94. The lowest BCUT2D eigenvalue weighted by molar-refractivity contribution is 0.598. The Morgan fingerprint density at radius 1 is 0.870 bits per heavy atom. The number of rotatable bonds is 3. The highest BCUT2D eigenvalue weighted by Gasteiger charge is 2.25. The zero-order valence-electron chi connectivity index (χ0n) is 13.0. The summed E-state index contributed by atoms with van der Waals surface area (Å²) in [6.45, 7) is 4.28. The number of pyridine rings is 1. The van der Waals surface area contributed by atoms with Crippen LogP contribution in [-0.2, 0) is 10.0 Å². The topological polar surface area (TPSA) is 73.0 Å². The van der Waals surface area contributed by atoms with Crippen molar-refractivity contribution in [3.63, 3.8) is 0 Å². The molecule has 1 heterocycles. The number of sulfonamides is 1. The molecule has 0 fully saturated rings. The third-order valence-electron chi connectivity index (χ3n) is 3.81. The summed E-state index contributed by atoms with van der Waals surface area (Å²) in [5, 5.41) is 5.16. The van der Waals surface area contributed by atoms with Crippen molar-refractivity contribution >= 4 is 21.2 Å². The van der Waals surface area contributed by atoms with Gasteiger partial charge in [-0.15, -0.1) is 0 Å². The number of nitrogens with zero attached hydrogens (tertiary/aromatic N) is 1. The molecular formula is C18H18N2O2S. The number of nitrogens with two attached hydrogens (primary N) is 1. The van der Waals surface area contributed by atoms with Crippen molar-refractivity contribution in [3.05, 3.63) is 72.1 Å². The van der Waals surface area contributed by atoms with Crippen molar-refractivity contribution in [2.45, 2.75) is 18.7 Å². The van der Waals surface area contributed by atoms with Gasteiger partial charge in [0.05, 0.1) is 4.90 Å². The van der Waals surface area contributed by atoms with E-state index in [9.17, 15) is 8.42 Å². The minimum atomic E-state index is -3.67. The van der Waals surface area contributed by atoms with Gasteiger partial charge in [-0.2, -0.15) is 0 Å². The minimum Gasteiger partial charge on any atom is -0.265 e. The molecule has 0 amide bonds. The Morgan fingerprint density at radius 3 is 1.83 bits per heavy atom. The molecule has 0 spiro atoms. The largest absolute Gasteiger partial charge is 0.265 e. The molecule has 0 bridgehead atoms. The number of benzene rings is 1. The van der Waals surface area contributed by atoms with E-state index in [4.69, 9.17) is 5.14 Å². The molecule has 0 radical (unpaired) electrons. The van der Waals surface area contributed by atoms with Gasteiger partial charge in [0.25, 0.3) is 0 Å². The monoisotopic (exact) mass is 326 g/mol. The summed E-state index contributed by atoms with van der Waals surface area (Å²) >= 11 is 0. The van der Waals surface area contributed by atoms with E-state index < -0.39 is 10.0 Å². The predicted molar refractivity (Wildman–Crippen MR) is 91.8 cm³/mol. The van der Waals surface area contributed by atoms with Gasteiger partial charge in [-0.1, -0.05) is 38.1 Å². The molecule has 4 nitrogen and oxygen atoms in total. The molecule has 5 heteroatoms. The van der Waals surface area contributed by atoms with Crippen molar-refractivity contribution in [2.24, 2.45) is 10.6 Å². The van der Waals surface area contributed by atoms with Crippen LogP contribution < -0.4 is 5.14 Å². The predicted octanol–water partition coefficient (Wildman–Crippen LogP) is 3.24. The lowest BCUT2D eigenvalue weighted by atomic mass is 9.95. The average molecular weight is 326 g/mol. The zero-order valence-corrected chi connectivity index (χ0v) is 13.8. The first-order valence-corrected chi connectivity index (χ1v) is 8.81. The molecule has 1 aromatic heterocycles. The van der Waals surface area contributed by atoms with Crippen molar-refractivity contribution < 1.29 is 8.42 Å². The Hall–Kier alpha value is -2.24. The fraction of sp³-hybridized carbons (Fsp3) is 0.167. The van der Waals surface area contributed by atoms with Crippen LogP contribution in [0.2, 0.25) is 0 Å². The molecule has 1 aromatic carbocycles. The van der Waals surface area contributed by atoms with E-state index in [0.717, 1.165) is 22.3 Å². The Balaban J connectivity index is 2.06. The van der Waals surface area contributed by atoms with E-state index in [0.29, 0.717) is 0 Å². The molecule has 2 aromatic rings. The second-order valence-electron chi connectivity index (χ2n) is 6.24. The Morgan fingerprint density at radius 2 is 1.35 bits per heavy atom. The zero-order chi connectivity index (χ0) is 16.7. The molecule has 1 aliphatic rings. The summed E-state index contributed by atoms with van der Waals surface area (Å²) in [7, 11) is -3.67. The van der Waals surface area contributed by atoms with Crippen LogP contribution in [0.25, 0.3) is 11.1 Å². The summed E-state index contributed by atoms with van der Waals surface area (Å²) < 4.78 is 22.8. The van der Waals surface area contributed by atoms with Gasteiger partial charge in [0, 0.05) is 17.8 Å². The smallest absolute Gasteiger partial charge is 0.238 e. The maximum absolute atomic E-state index is 11.4. The van der Waals surface area contributed by atoms with Gasteiger partial charge in [-0.3, -0.25) is 4.98 Å². The van der Waals surface area contributed by atoms with Gasteiger partial charge in [0.1, 0.15) is 0 Å². The lowest BCUT2D eigenvalue weighted by Gasteiger charge is -2.10. The van der Waals surface area contributed by atoms with Gasteiger partial charge in [-0.05, 0) is 46.5 Å². The minimum absolute atomic E-state index is 0.0629. The third-order valence-corrected chi connectivity index (χ3v) is 4.74. The van der Waals surface area contributed by atoms with E-state index in [2.05, 4.69) is 31.0 Å². The Bertz CT molecular complexity index is 894. The van der Waals surface area contributed by atoms with Gasteiger partial charge in [-0.25, -0.2) is 13.6 Å². The second kappa shape index (κ2) is 5.44. The molecule has 2 N–H and O–H groups in total. The van der Waals surface area contributed by atoms with Crippen molar-refractivity contribution in [2.75, 3.05) is 0 Å². The third kappa shape index (κ3) is 3.25. The standard InChI is InChI=1S/C18H18N2O2S/c1-18(2)11-16(17(12-18)14-7-9-20-10-8-14)13-3-5-15(6-4-13)23(19,21)22/h3-12H,1-2H3,(H2,19,21,22). The van der Waals surface area contributed by atoms with Crippen molar-refractivity contribution in [1.29, 1.82) is 0 Å². The van der Waals surface area contributed by atoms with Crippen LogP contribution in [0.1, 0.15) is 25.0 Å². The number of allylic oxidation sites excluding steroid dienone is 4. The molecule has 0 unspecified atom stereocenters. The normalized spacial score (nSPS) is 16.8. The summed E-state index contributed by atoms with van der Waals surface area (Å²) in [5.41, 5.74) is 4.20. The van der Waals surface area contributed by atoms with E-state index in [-0.39, 0.29) is 10.3 Å². The van der Waals surface area contributed by atoms with Crippen LogP contribution in [0.4, 0.5) is 0 Å². The molecule has 1 aliphatic carbocycles. The Kier molecular flexibility index (Phi) is 3.70. The molecule has 118 valence electrons. The maximum Gasteiger partial charge on any atom is 0.238 e. The SMILES string of the molecule is CC1(C)C=C(c2ccncc2)C(c2ccc(S(N)(=O)=O)cc2)=C1. The van der Waals surface area contributed by atoms with Crippen LogP contribution in [-0.4, -0.2) is 13.4 Å². The number of primary sulfonamides is 1. The number of hydrogen-bond acceptors (Lipinski definition) is 3. The van der Waals surface area contributed by atoms with Crippen molar-refractivity contribution in [1.82, 2.24) is 4.98 Å². The number of aromatic nitrogens is 1. The molecule has 0 atom stereocenters. The van der Waals surface area contributed by atoms with Crippen molar-refractivity contribution in [3.8, 4) is 0 Å². The molecule has 0 aliphatic heterocycles. The van der Waals surface area contributed by atoms with Gasteiger partial charge in [0.2, 0.25) is 10.0 Å². The molecule has 23 heavy (non-hydrogen) atoms. The van der Waals surface area contributed by atoms with E-state index in [1.54, 1.807) is 36.7 Å². The Labute approximate surface area is 136 Å². The molecule has 0 saturated carbocycles. The summed E-state index contributed by atoms with van der Waals surface area (Å²) in [6, 6.07) is 10.6. The first-order chi connectivity index (χ1) is 10.8. The highest BCUT2D eigenvalue weighted by molar-refractivity contribution is 7.89. The fourth-order valence-corrected chi connectivity index (χ4v) is 3.29. The quantitative estimate of drug-likeness (QED) is 0.941. The molecule has 3 rings (SSSR count). The van der Waals surface area contributed by atoms with Crippen LogP contribution in [0.3, 0.4) is 0 Å². The molecular weight excluding hydrogens is 308 g/mol. The first kappa shape index (κ1) is 15.6. The number of hydrogen-bond donors (Lipinski definition) is 1. The van der Waals surface area contributed by atoms with Crippen LogP contribution in [0, 0.1) is 5.41 Å². The first-order valence-electron chi connectivity index (χ1n) is 7.26. The van der Waals surface area contributed by atoms with Crippen LogP contribution in [0.15, 0.2) is 65.8 Å². The van der Waals surface area contributed by atoms with Crippen LogP contribution in [0.5, 0.6) is 0 Å². The summed E-state index contributed by atoms with van der Waals surface area (Å²) in [5.74, 6) is 0. The fourth-order valence-electron chi connectivity index (χ4n) is 2.77. The average Bonchev–Trinajstić information content (AvgIpc) is 2.83. The highest BCUT2D eigenvalue weighted by atomic mass is 32.2. The van der Waals surface area contributed by atoms with Gasteiger partial charge >= 0.3 is 0 Å². The van der Waals surface area contributed by atoms with Crippen LogP contribution >= 0.6 is 0 Å². The van der Waals surface area contributed by atoms with E-state index in [1.165, 1.54) is 0 Å². The maximum atomic E-state index is 11.4.